The molecule has 0 saturated carbocycles. The highest BCUT2D eigenvalue weighted by molar-refractivity contribution is 7.23. The smallest absolute Gasteiger partial charge is 0.276 e. The first-order valence-corrected chi connectivity index (χ1v) is 22.5. The number of hydrogen-bond donors (Lipinski definition) is 0. The summed E-state index contributed by atoms with van der Waals surface area (Å²) in [4.78, 5) is 14.5. The number of fused-ring (bicyclic) bond motifs is 3. The first-order valence-electron chi connectivity index (χ1n) is 20.1. The Morgan fingerprint density at radius 3 is 1.70 bits per heavy atom. The lowest BCUT2D eigenvalue weighted by Crippen LogP contribution is -2.15. The molecule has 2 atom stereocenters. The highest BCUT2D eigenvalue weighted by Crippen LogP contribution is 2.53. The van der Waals surface area contributed by atoms with Gasteiger partial charge in [0.1, 0.15) is 22.5 Å². The van der Waals surface area contributed by atoms with Crippen molar-refractivity contribution in [3.05, 3.63) is 38.8 Å². The van der Waals surface area contributed by atoms with Gasteiger partial charge in [-0.05, 0) is 59.5 Å². The van der Waals surface area contributed by atoms with E-state index >= 15 is 0 Å². The van der Waals surface area contributed by atoms with Gasteiger partial charge >= 0.3 is 0 Å². The molecule has 7 nitrogen and oxygen atoms in total. The minimum absolute atomic E-state index is 0.0381. The number of nitro benzene ring substituents is 1. The van der Waals surface area contributed by atoms with E-state index in [1.807, 2.05) is 20.8 Å². The van der Waals surface area contributed by atoms with E-state index in [2.05, 4.69) is 78.8 Å². The molecule has 5 rings (SSSR count). The molecule has 2 unspecified atom stereocenters. The quantitative estimate of drug-likeness (QED) is 0.0648. The minimum atomic E-state index is -0.482. The minimum Gasteiger partial charge on any atom is -0.491 e. The molecule has 296 valence electrons. The monoisotopic (exact) mass is 793 g/mol. The fraction of sp³-hybridized carbons (Fsp3) is 0.636. The molecule has 0 bridgehead atoms. The van der Waals surface area contributed by atoms with Crippen LogP contribution in [-0.4, -0.2) is 26.9 Å². The van der Waals surface area contributed by atoms with Crippen LogP contribution in [0.15, 0.2) is 18.2 Å². The molecule has 0 aliphatic rings. The summed E-state index contributed by atoms with van der Waals surface area (Å²) in [6, 6.07) is 6.19. The van der Waals surface area contributed by atoms with Gasteiger partial charge in [0.25, 0.3) is 5.69 Å². The fourth-order valence-corrected chi connectivity index (χ4v) is 10.2. The second-order valence-corrected chi connectivity index (χ2v) is 21.2. The lowest BCUT2D eigenvalue weighted by Gasteiger charge is -2.19. The molecule has 2 aromatic carbocycles. The van der Waals surface area contributed by atoms with E-state index in [-0.39, 0.29) is 16.0 Å². The topological polar surface area (TPSA) is 87.4 Å². The number of hydrogen-bond acceptors (Lipinski definition) is 9. The van der Waals surface area contributed by atoms with Gasteiger partial charge in [-0.2, -0.15) is 8.75 Å². The van der Waals surface area contributed by atoms with Crippen LogP contribution in [0.3, 0.4) is 0 Å². The average molecular weight is 794 g/mol. The Morgan fingerprint density at radius 1 is 0.685 bits per heavy atom. The lowest BCUT2D eigenvalue weighted by molar-refractivity contribution is -0.385. The molecule has 0 N–H and O–H groups in total. The molecule has 54 heavy (non-hydrogen) atoms. The zero-order valence-electron chi connectivity index (χ0n) is 34.8. The van der Waals surface area contributed by atoms with E-state index < -0.39 is 5.41 Å². The third-order valence-electron chi connectivity index (χ3n) is 10.5. The summed E-state index contributed by atoms with van der Waals surface area (Å²) in [6.07, 6.45) is 9.35. The third kappa shape index (κ3) is 9.94. The number of ether oxygens (including phenoxy) is 2. The third-order valence-corrected chi connectivity index (χ3v) is 13.8. The van der Waals surface area contributed by atoms with Crippen LogP contribution in [0.5, 0.6) is 11.5 Å². The van der Waals surface area contributed by atoms with Crippen molar-refractivity contribution in [1.82, 2.24) is 8.75 Å². The number of nitrogens with zero attached hydrogens (tertiary/aromatic N) is 3. The van der Waals surface area contributed by atoms with Crippen LogP contribution in [0.2, 0.25) is 0 Å². The first-order chi connectivity index (χ1) is 25.4. The van der Waals surface area contributed by atoms with Gasteiger partial charge in [0.15, 0.2) is 0 Å². The van der Waals surface area contributed by atoms with Gasteiger partial charge in [0.2, 0.25) is 0 Å². The van der Waals surface area contributed by atoms with Crippen molar-refractivity contribution in [2.24, 2.45) is 23.7 Å². The fourth-order valence-electron chi connectivity index (χ4n) is 7.25. The van der Waals surface area contributed by atoms with E-state index in [4.69, 9.17) is 13.8 Å². The van der Waals surface area contributed by atoms with E-state index in [1.54, 1.807) is 28.7 Å². The van der Waals surface area contributed by atoms with Crippen molar-refractivity contribution in [3.63, 3.8) is 0 Å². The molecule has 0 amide bonds. The predicted octanol–water partition coefficient (Wildman–Crippen LogP) is 14.8. The number of nitro groups is 1. The Morgan fingerprint density at radius 2 is 1.20 bits per heavy atom. The van der Waals surface area contributed by atoms with Gasteiger partial charge in [-0.3, -0.25) is 10.1 Å². The Balaban J connectivity index is 1.64. The Hall–Kier alpha value is -2.82. The summed E-state index contributed by atoms with van der Waals surface area (Å²) in [5.41, 5.74) is 2.22. The van der Waals surface area contributed by atoms with Crippen LogP contribution in [0.4, 0.5) is 5.69 Å². The van der Waals surface area contributed by atoms with Crippen LogP contribution in [-0.2, 0) is 10.8 Å². The summed E-state index contributed by atoms with van der Waals surface area (Å²) in [6.45, 7) is 27.9. The first kappa shape index (κ1) is 42.3. The Labute approximate surface area is 335 Å². The molecule has 3 aromatic heterocycles. The van der Waals surface area contributed by atoms with Crippen LogP contribution < -0.4 is 9.47 Å². The van der Waals surface area contributed by atoms with Crippen LogP contribution in [0, 0.1) is 33.8 Å². The molecular formula is C44H63N3O4S3. The largest absolute Gasteiger partial charge is 0.491 e. The van der Waals surface area contributed by atoms with Crippen molar-refractivity contribution in [2.75, 3.05) is 13.2 Å². The van der Waals surface area contributed by atoms with Crippen molar-refractivity contribution in [2.45, 2.75) is 145 Å². The summed E-state index contributed by atoms with van der Waals surface area (Å²) in [7, 11) is 0. The molecule has 10 heteroatoms. The average Bonchev–Trinajstić information content (AvgIpc) is 3.83. The number of aromatic nitrogens is 2. The molecule has 0 fully saturated rings. The zero-order chi connectivity index (χ0) is 39.5. The molecule has 0 aliphatic carbocycles. The van der Waals surface area contributed by atoms with Gasteiger partial charge in [-0.15, -0.1) is 22.7 Å². The summed E-state index contributed by atoms with van der Waals surface area (Å²) >= 11 is 4.53. The van der Waals surface area contributed by atoms with Crippen LogP contribution >= 0.6 is 34.4 Å². The molecule has 0 radical (unpaired) electrons. The van der Waals surface area contributed by atoms with Crippen molar-refractivity contribution >= 4 is 71.3 Å². The second kappa shape index (κ2) is 17.5. The summed E-state index contributed by atoms with van der Waals surface area (Å²) in [5, 5.41) is 14.7. The standard InChI is InChI=1S/C44H63N3O4S3/c1-26(2)15-13-17-28(5)19-21-50-39-31-24-34(30-23-33(47(48)49)36(44(10,11)12)38-37(30)45-54-46-38)52-41(31)40(32-25-35(43(7,8)9)53-42(32)39)51-22-20-29(6)18-14-16-27(3)4/h23-29H,13-22H2,1-12H3. The van der Waals surface area contributed by atoms with Gasteiger partial charge in [0.05, 0.1) is 44.8 Å². The maximum absolute atomic E-state index is 12.6. The Kier molecular flexibility index (Phi) is 13.7. The lowest BCUT2D eigenvalue weighted by atomic mass is 9.84. The van der Waals surface area contributed by atoms with Gasteiger partial charge in [-0.25, -0.2) is 0 Å². The van der Waals surface area contributed by atoms with Gasteiger partial charge in [-0.1, -0.05) is 122 Å². The van der Waals surface area contributed by atoms with E-state index in [0.717, 1.165) is 78.5 Å². The normalized spacial score (nSPS) is 13.9. The van der Waals surface area contributed by atoms with Crippen molar-refractivity contribution in [1.29, 1.82) is 0 Å². The van der Waals surface area contributed by atoms with Crippen molar-refractivity contribution in [3.8, 4) is 21.9 Å². The summed E-state index contributed by atoms with van der Waals surface area (Å²) in [5.74, 6) is 4.36. The van der Waals surface area contributed by atoms with Crippen LogP contribution in [0.1, 0.15) is 145 Å². The maximum Gasteiger partial charge on any atom is 0.276 e. The number of rotatable bonds is 18. The van der Waals surface area contributed by atoms with E-state index in [1.165, 1.54) is 43.4 Å². The maximum atomic E-state index is 12.6. The summed E-state index contributed by atoms with van der Waals surface area (Å²) < 4.78 is 25.3. The predicted molar refractivity (Wildman–Crippen MR) is 234 cm³/mol. The number of thiophene rings is 2. The molecule has 5 aromatic rings. The zero-order valence-corrected chi connectivity index (χ0v) is 37.3. The molecular weight excluding hydrogens is 731 g/mol. The highest BCUT2D eigenvalue weighted by Gasteiger charge is 2.33. The van der Waals surface area contributed by atoms with E-state index in [0.29, 0.717) is 41.6 Å². The van der Waals surface area contributed by atoms with Crippen LogP contribution in [0.25, 0.3) is 41.6 Å². The molecule has 0 aliphatic heterocycles. The van der Waals surface area contributed by atoms with Crippen molar-refractivity contribution < 1.29 is 14.4 Å². The molecule has 0 spiro atoms. The SMILES string of the molecule is CC(C)CCCC(C)CCOc1c2cc(C(C)(C)C)sc2c(OCCC(C)CCCC(C)C)c2cc(-c3cc([N+](=O)[O-])c(C(C)(C)C)c4nsnc34)sc12. The van der Waals surface area contributed by atoms with Gasteiger partial charge in [0, 0.05) is 32.2 Å². The molecule has 3 heterocycles. The number of benzene rings is 2. The Bertz CT molecular complexity index is 1960. The van der Waals surface area contributed by atoms with Gasteiger partial charge < -0.3 is 9.47 Å². The highest BCUT2D eigenvalue weighted by atomic mass is 32.1. The van der Waals surface area contributed by atoms with E-state index in [9.17, 15) is 10.1 Å². The molecule has 0 saturated heterocycles. The second-order valence-electron chi connectivity index (χ2n) is 18.5.